The zero-order valence-electron chi connectivity index (χ0n) is 9.28. The Kier molecular flexibility index (Phi) is 5.12. The lowest BCUT2D eigenvalue weighted by Gasteiger charge is -2.22. The molecule has 0 saturated heterocycles. The van der Waals surface area contributed by atoms with Crippen LogP contribution in [0.15, 0.2) is 11.4 Å². The number of hydrogen-bond donors (Lipinski definition) is 2. The van der Waals surface area contributed by atoms with Crippen LogP contribution >= 0.6 is 11.3 Å². The van der Waals surface area contributed by atoms with Gasteiger partial charge in [0.05, 0.1) is 13.2 Å². The van der Waals surface area contributed by atoms with Gasteiger partial charge in [0.1, 0.15) is 4.88 Å². The maximum atomic E-state index is 12.3. The molecule has 4 nitrogen and oxygen atoms in total. The zero-order valence-corrected chi connectivity index (χ0v) is 10.1. The summed E-state index contributed by atoms with van der Waals surface area (Å²) in [5, 5.41) is 19.1. The highest BCUT2D eigenvalue weighted by Gasteiger charge is 2.31. The Morgan fingerprint density at radius 1 is 1.44 bits per heavy atom. The highest BCUT2D eigenvalue weighted by Crippen LogP contribution is 2.22. The van der Waals surface area contributed by atoms with E-state index in [1.165, 1.54) is 11.4 Å². The fourth-order valence-corrected chi connectivity index (χ4v) is 2.25. The highest BCUT2D eigenvalue weighted by atomic mass is 32.1. The van der Waals surface area contributed by atoms with Crippen LogP contribution in [0.1, 0.15) is 15.2 Å². The Morgan fingerprint density at radius 2 is 2.11 bits per heavy atom. The molecule has 0 radical (unpaired) electrons. The summed E-state index contributed by atoms with van der Waals surface area (Å²) in [6, 6.07) is 1.48. The van der Waals surface area contributed by atoms with Crippen molar-refractivity contribution in [2.45, 2.75) is 12.7 Å². The van der Waals surface area contributed by atoms with Crippen molar-refractivity contribution in [2.24, 2.45) is 0 Å². The van der Waals surface area contributed by atoms with E-state index in [4.69, 9.17) is 10.2 Å². The highest BCUT2D eigenvalue weighted by molar-refractivity contribution is 7.12. The third kappa shape index (κ3) is 4.63. The summed E-state index contributed by atoms with van der Waals surface area (Å²) in [6.45, 7) is -1.90. The minimum absolute atomic E-state index is 0.0279. The van der Waals surface area contributed by atoms with Gasteiger partial charge in [-0.1, -0.05) is 0 Å². The van der Waals surface area contributed by atoms with Gasteiger partial charge in [-0.2, -0.15) is 13.2 Å². The van der Waals surface area contributed by atoms with Crippen LogP contribution in [0.3, 0.4) is 0 Å². The largest absolute Gasteiger partial charge is 0.477 e. The first-order valence-corrected chi connectivity index (χ1v) is 5.91. The van der Waals surface area contributed by atoms with Gasteiger partial charge in [-0.25, -0.2) is 4.79 Å². The molecule has 18 heavy (non-hydrogen) atoms. The second-order valence-corrected chi connectivity index (χ2v) is 4.55. The fraction of sp³-hybridized carbons (Fsp3) is 0.500. The van der Waals surface area contributed by atoms with Gasteiger partial charge in [-0.05, 0) is 17.0 Å². The van der Waals surface area contributed by atoms with Crippen LogP contribution in [0.5, 0.6) is 0 Å². The predicted molar refractivity (Wildman–Crippen MR) is 59.7 cm³/mol. The third-order valence-electron chi connectivity index (χ3n) is 2.15. The van der Waals surface area contributed by atoms with Crippen LogP contribution in [0.4, 0.5) is 13.2 Å². The molecule has 1 aromatic rings. The first-order valence-electron chi connectivity index (χ1n) is 5.03. The molecule has 1 rings (SSSR count). The van der Waals surface area contributed by atoms with Gasteiger partial charge in [0.25, 0.3) is 0 Å². The smallest absolute Gasteiger partial charge is 0.401 e. The van der Waals surface area contributed by atoms with Gasteiger partial charge >= 0.3 is 12.1 Å². The van der Waals surface area contributed by atoms with E-state index in [0.29, 0.717) is 5.56 Å². The number of aliphatic hydroxyl groups is 1. The molecule has 0 saturated carbocycles. The summed E-state index contributed by atoms with van der Waals surface area (Å²) in [5.41, 5.74) is 0.324. The molecule has 1 heterocycles. The van der Waals surface area contributed by atoms with Crippen LogP contribution < -0.4 is 0 Å². The quantitative estimate of drug-likeness (QED) is 0.836. The molecule has 0 spiro atoms. The number of hydrogen-bond acceptors (Lipinski definition) is 4. The number of halogens is 3. The maximum Gasteiger partial charge on any atom is 0.401 e. The van der Waals surface area contributed by atoms with Gasteiger partial charge in [0.2, 0.25) is 0 Å². The lowest BCUT2D eigenvalue weighted by Crippen LogP contribution is -2.35. The van der Waals surface area contributed by atoms with Crippen LogP contribution in [0, 0.1) is 0 Å². The van der Waals surface area contributed by atoms with Crippen molar-refractivity contribution in [3.8, 4) is 0 Å². The molecule has 2 N–H and O–H groups in total. The predicted octanol–water partition coefficient (Wildman–Crippen LogP) is 1.80. The Balaban J connectivity index is 2.76. The van der Waals surface area contributed by atoms with E-state index < -0.39 is 25.3 Å². The number of nitrogens with zero attached hydrogens (tertiary/aromatic N) is 1. The maximum absolute atomic E-state index is 12.3. The van der Waals surface area contributed by atoms with Crippen LogP contribution in [-0.2, 0) is 6.54 Å². The molecule has 0 aliphatic rings. The van der Waals surface area contributed by atoms with E-state index in [1.807, 2.05) is 0 Å². The molecule has 0 amide bonds. The molecule has 0 aliphatic carbocycles. The molecule has 0 atom stereocenters. The van der Waals surface area contributed by atoms with E-state index in [0.717, 1.165) is 16.2 Å². The minimum atomic E-state index is -4.38. The molecule has 0 unspecified atom stereocenters. The molecular formula is C10H12F3NO3S. The van der Waals surface area contributed by atoms with Crippen molar-refractivity contribution in [3.05, 3.63) is 21.9 Å². The van der Waals surface area contributed by atoms with Crippen molar-refractivity contribution >= 4 is 17.3 Å². The number of aliphatic hydroxyl groups excluding tert-OH is 1. The van der Waals surface area contributed by atoms with Gasteiger partial charge in [0.15, 0.2) is 0 Å². The molecule has 0 fully saturated rings. The Labute approximate surface area is 105 Å². The second kappa shape index (κ2) is 6.17. The monoisotopic (exact) mass is 283 g/mol. The number of rotatable bonds is 6. The topological polar surface area (TPSA) is 60.8 Å². The first kappa shape index (κ1) is 14.9. The molecular weight excluding hydrogens is 271 g/mol. The number of carboxylic acids is 1. The Morgan fingerprint density at radius 3 is 2.61 bits per heavy atom. The van der Waals surface area contributed by atoms with Gasteiger partial charge in [-0.3, -0.25) is 4.90 Å². The van der Waals surface area contributed by atoms with E-state index in [1.54, 1.807) is 0 Å². The number of alkyl halides is 3. The summed E-state index contributed by atoms with van der Waals surface area (Å²) in [6.07, 6.45) is -4.38. The average molecular weight is 283 g/mol. The Bertz CT molecular complexity index is 405. The normalized spacial score (nSPS) is 12.1. The minimum Gasteiger partial charge on any atom is -0.477 e. The molecule has 102 valence electrons. The van der Waals surface area contributed by atoms with E-state index in [2.05, 4.69) is 0 Å². The van der Waals surface area contributed by atoms with Crippen molar-refractivity contribution < 1.29 is 28.2 Å². The van der Waals surface area contributed by atoms with Gasteiger partial charge in [0, 0.05) is 13.1 Å². The van der Waals surface area contributed by atoms with Crippen molar-refractivity contribution in [3.63, 3.8) is 0 Å². The van der Waals surface area contributed by atoms with E-state index >= 15 is 0 Å². The van der Waals surface area contributed by atoms with Gasteiger partial charge in [-0.15, -0.1) is 11.3 Å². The summed E-state index contributed by atoms with van der Waals surface area (Å²) < 4.78 is 36.8. The molecule has 0 aromatic carbocycles. The lowest BCUT2D eigenvalue weighted by atomic mass is 10.2. The Hall–Kier alpha value is -1.12. The van der Waals surface area contributed by atoms with Crippen LogP contribution in [-0.4, -0.2) is 47.0 Å². The van der Waals surface area contributed by atoms with E-state index in [9.17, 15) is 18.0 Å². The van der Waals surface area contributed by atoms with E-state index in [-0.39, 0.29) is 18.0 Å². The number of aromatic carboxylic acids is 1. The fourth-order valence-electron chi connectivity index (χ4n) is 1.50. The standard InChI is InChI=1S/C10H12F3NO3S/c11-10(12,13)6-14(2-3-15)5-7-1-4-18-8(7)9(16)17/h1,4,15H,2-3,5-6H2,(H,16,17). The number of carboxylic acid groups (broad SMARTS) is 1. The molecule has 0 bridgehead atoms. The first-order chi connectivity index (χ1) is 8.33. The van der Waals surface area contributed by atoms with Crippen molar-refractivity contribution in [1.82, 2.24) is 4.90 Å². The lowest BCUT2D eigenvalue weighted by molar-refractivity contribution is -0.147. The van der Waals surface area contributed by atoms with Crippen molar-refractivity contribution in [2.75, 3.05) is 19.7 Å². The second-order valence-electron chi connectivity index (χ2n) is 3.63. The summed E-state index contributed by atoms with van der Waals surface area (Å²) >= 11 is 0.966. The summed E-state index contributed by atoms with van der Waals surface area (Å²) in [7, 11) is 0. The van der Waals surface area contributed by atoms with Gasteiger partial charge < -0.3 is 10.2 Å². The third-order valence-corrected chi connectivity index (χ3v) is 3.10. The number of thiophene rings is 1. The van der Waals surface area contributed by atoms with Crippen molar-refractivity contribution in [1.29, 1.82) is 0 Å². The SMILES string of the molecule is O=C(O)c1sccc1CN(CCO)CC(F)(F)F. The molecule has 1 aromatic heterocycles. The average Bonchev–Trinajstić information content (AvgIpc) is 2.63. The zero-order chi connectivity index (χ0) is 13.8. The molecule has 8 heteroatoms. The van der Waals surface area contributed by atoms with Crippen LogP contribution in [0.2, 0.25) is 0 Å². The summed E-state index contributed by atoms with van der Waals surface area (Å²) in [5.74, 6) is -1.16. The summed E-state index contributed by atoms with van der Waals surface area (Å²) in [4.78, 5) is 11.8. The van der Waals surface area contributed by atoms with Crippen LogP contribution in [0.25, 0.3) is 0 Å². The molecule has 0 aliphatic heterocycles. The number of carbonyl (C=O) groups is 1.